The summed E-state index contributed by atoms with van der Waals surface area (Å²) in [5.74, 6) is -0.444. The van der Waals surface area contributed by atoms with Gasteiger partial charge in [-0.1, -0.05) is 20.8 Å². The highest BCUT2D eigenvalue weighted by atomic mass is 32.2. The van der Waals surface area contributed by atoms with Crippen LogP contribution in [0.2, 0.25) is 0 Å². The average molecular weight is 394 g/mol. The van der Waals surface area contributed by atoms with Gasteiger partial charge >= 0.3 is 5.97 Å². The van der Waals surface area contributed by atoms with Gasteiger partial charge in [-0.25, -0.2) is 13.2 Å². The molecule has 0 fully saturated rings. The van der Waals surface area contributed by atoms with Crippen molar-refractivity contribution in [1.82, 2.24) is 9.78 Å². The van der Waals surface area contributed by atoms with Crippen molar-refractivity contribution in [3.8, 4) is 0 Å². The molecule has 0 unspecified atom stereocenters. The molecule has 0 amide bonds. The predicted molar refractivity (Wildman–Crippen MR) is 105 cm³/mol. The van der Waals surface area contributed by atoms with Gasteiger partial charge in [0, 0.05) is 23.3 Å². The highest BCUT2D eigenvalue weighted by Gasteiger charge is 2.30. The van der Waals surface area contributed by atoms with Crippen molar-refractivity contribution < 1.29 is 17.9 Å². The Bertz CT molecular complexity index is 907. The lowest BCUT2D eigenvalue weighted by Crippen LogP contribution is -2.20. The summed E-state index contributed by atoms with van der Waals surface area (Å²) in [5, 5.41) is 4.48. The Morgan fingerprint density at radius 2 is 1.81 bits per heavy atom. The first kappa shape index (κ1) is 21.0. The maximum Gasteiger partial charge on any atom is 0.338 e. The summed E-state index contributed by atoms with van der Waals surface area (Å²) >= 11 is 0. The Labute approximate surface area is 160 Å². The van der Waals surface area contributed by atoms with Crippen LogP contribution in [0.4, 0.5) is 5.69 Å². The minimum absolute atomic E-state index is 0.0407. The standard InChI is InChI=1S/C19H27N3O4S/c1-7-26-18(23)14-8-10-15(11-9-14)21-27(24,25)16-12-22(13(2)3)20-17(16)19(4,5)6/h8-13,21H,7H2,1-6H3. The number of hydrogen-bond donors (Lipinski definition) is 1. The summed E-state index contributed by atoms with van der Waals surface area (Å²) in [6.45, 7) is 11.7. The normalized spacial score (nSPS) is 12.3. The fourth-order valence-corrected chi connectivity index (χ4v) is 3.86. The van der Waals surface area contributed by atoms with E-state index < -0.39 is 21.4 Å². The van der Waals surface area contributed by atoms with Gasteiger partial charge in [-0.3, -0.25) is 9.40 Å². The van der Waals surface area contributed by atoms with Crippen molar-refractivity contribution in [3.05, 3.63) is 41.7 Å². The number of carbonyl (C=O) groups excluding carboxylic acids is 1. The van der Waals surface area contributed by atoms with E-state index >= 15 is 0 Å². The number of aromatic nitrogens is 2. The van der Waals surface area contributed by atoms with Crippen LogP contribution in [0.25, 0.3) is 0 Å². The summed E-state index contributed by atoms with van der Waals surface area (Å²) in [6.07, 6.45) is 1.56. The van der Waals surface area contributed by atoms with E-state index in [1.165, 1.54) is 24.3 Å². The lowest BCUT2D eigenvalue weighted by atomic mass is 9.92. The second-order valence-electron chi connectivity index (χ2n) is 7.57. The molecule has 1 heterocycles. The van der Waals surface area contributed by atoms with Crippen molar-refractivity contribution in [2.24, 2.45) is 0 Å². The lowest BCUT2D eigenvalue weighted by Gasteiger charge is -2.18. The number of nitrogens with zero attached hydrogens (tertiary/aromatic N) is 2. The van der Waals surface area contributed by atoms with Crippen LogP contribution < -0.4 is 4.72 Å². The number of nitrogens with one attached hydrogen (secondary N) is 1. The Morgan fingerprint density at radius 3 is 2.30 bits per heavy atom. The minimum atomic E-state index is -3.83. The van der Waals surface area contributed by atoms with Crippen LogP contribution in [0.3, 0.4) is 0 Å². The molecule has 2 aromatic rings. The molecule has 0 saturated carbocycles. The van der Waals surface area contributed by atoms with Gasteiger partial charge in [0.15, 0.2) is 0 Å². The van der Waals surface area contributed by atoms with Crippen LogP contribution in [0, 0.1) is 0 Å². The highest BCUT2D eigenvalue weighted by molar-refractivity contribution is 7.92. The summed E-state index contributed by atoms with van der Waals surface area (Å²) in [7, 11) is -3.83. The molecule has 0 aliphatic rings. The zero-order valence-electron chi connectivity index (χ0n) is 16.6. The van der Waals surface area contributed by atoms with Gasteiger partial charge in [-0.15, -0.1) is 0 Å². The molecule has 1 aromatic heterocycles. The number of hydrogen-bond acceptors (Lipinski definition) is 5. The molecule has 0 spiro atoms. The van der Waals surface area contributed by atoms with E-state index in [4.69, 9.17) is 4.74 Å². The van der Waals surface area contributed by atoms with Crippen LogP contribution in [-0.2, 0) is 20.2 Å². The van der Waals surface area contributed by atoms with Gasteiger partial charge in [-0.2, -0.15) is 5.10 Å². The van der Waals surface area contributed by atoms with E-state index in [0.717, 1.165) is 0 Å². The largest absolute Gasteiger partial charge is 0.462 e. The molecule has 0 atom stereocenters. The molecule has 1 N–H and O–H groups in total. The first-order valence-corrected chi connectivity index (χ1v) is 10.3. The van der Waals surface area contributed by atoms with E-state index in [2.05, 4.69) is 9.82 Å². The molecule has 0 radical (unpaired) electrons. The molecule has 0 aliphatic carbocycles. The van der Waals surface area contributed by atoms with Crippen molar-refractivity contribution in [1.29, 1.82) is 0 Å². The molecular formula is C19H27N3O4S. The number of benzene rings is 1. The van der Waals surface area contributed by atoms with Crippen molar-refractivity contribution in [3.63, 3.8) is 0 Å². The second-order valence-corrected chi connectivity index (χ2v) is 9.22. The van der Waals surface area contributed by atoms with E-state index in [1.807, 2.05) is 34.6 Å². The molecule has 0 saturated heterocycles. The maximum absolute atomic E-state index is 13.0. The Balaban J connectivity index is 2.35. The van der Waals surface area contributed by atoms with Crippen molar-refractivity contribution in [2.75, 3.05) is 11.3 Å². The van der Waals surface area contributed by atoms with Gasteiger partial charge in [0.05, 0.1) is 17.9 Å². The molecule has 2 rings (SSSR count). The third-order valence-corrected chi connectivity index (χ3v) is 5.26. The zero-order valence-corrected chi connectivity index (χ0v) is 17.4. The molecule has 8 heteroatoms. The van der Waals surface area contributed by atoms with Crippen molar-refractivity contribution in [2.45, 2.75) is 57.9 Å². The zero-order chi connectivity index (χ0) is 20.4. The molecule has 0 aliphatic heterocycles. The van der Waals surface area contributed by atoms with Crippen LogP contribution in [0.1, 0.15) is 63.6 Å². The van der Waals surface area contributed by atoms with Gasteiger partial charge in [0.2, 0.25) is 0 Å². The predicted octanol–water partition coefficient (Wildman–Crippen LogP) is 3.74. The highest BCUT2D eigenvalue weighted by Crippen LogP contribution is 2.30. The topological polar surface area (TPSA) is 90.3 Å². The fraction of sp³-hybridized carbons (Fsp3) is 0.474. The van der Waals surface area contributed by atoms with Gasteiger partial charge in [-0.05, 0) is 45.0 Å². The third-order valence-electron chi connectivity index (χ3n) is 3.88. The SMILES string of the molecule is CCOC(=O)c1ccc(NS(=O)(=O)c2cn(C(C)C)nc2C(C)(C)C)cc1. The lowest BCUT2D eigenvalue weighted by molar-refractivity contribution is 0.0526. The molecule has 0 bridgehead atoms. The number of ether oxygens (including phenoxy) is 1. The smallest absolute Gasteiger partial charge is 0.338 e. The second kappa shape index (κ2) is 7.72. The van der Waals surface area contributed by atoms with Crippen LogP contribution in [0.5, 0.6) is 0 Å². The summed E-state index contributed by atoms with van der Waals surface area (Å²) < 4.78 is 35.1. The minimum Gasteiger partial charge on any atom is -0.462 e. The maximum atomic E-state index is 13.0. The van der Waals surface area contributed by atoms with Crippen LogP contribution in [-0.4, -0.2) is 30.8 Å². The van der Waals surface area contributed by atoms with Gasteiger partial charge < -0.3 is 4.74 Å². The summed E-state index contributed by atoms with van der Waals surface area (Å²) in [4.78, 5) is 11.9. The molecule has 148 valence electrons. The fourth-order valence-electron chi connectivity index (χ4n) is 2.45. The van der Waals surface area contributed by atoms with Gasteiger partial charge in [0.25, 0.3) is 10.0 Å². The van der Waals surface area contributed by atoms with Crippen LogP contribution >= 0.6 is 0 Å². The quantitative estimate of drug-likeness (QED) is 0.755. The number of carbonyl (C=O) groups is 1. The number of rotatable bonds is 6. The summed E-state index contributed by atoms with van der Waals surface area (Å²) in [5.41, 5.74) is 0.799. The molecule has 7 nitrogen and oxygen atoms in total. The monoisotopic (exact) mass is 393 g/mol. The Morgan fingerprint density at radius 1 is 1.22 bits per heavy atom. The van der Waals surface area contributed by atoms with E-state index in [9.17, 15) is 13.2 Å². The van der Waals surface area contributed by atoms with Crippen molar-refractivity contribution >= 4 is 21.7 Å². The van der Waals surface area contributed by atoms with Crippen LogP contribution in [0.15, 0.2) is 35.4 Å². The Hall–Kier alpha value is -2.35. The van der Waals surface area contributed by atoms with E-state index in [-0.39, 0.29) is 17.5 Å². The first-order chi connectivity index (χ1) is 12.5. The Kier molecular flexibility index (Phi) is 5.99. The molecule has 27 heavy (non-hydrogen) atoms. The number of anilines is 1. The van der Waals surface area contributed by atoms with Gasteiger partial charge in [0.1, 0.15) is 4.90 Å². The molecule has 1 aromatic carbocycles. The molecular weight excluding hydrogens is 366 g/mol. The number of sulfonamides is 1. The third kappa shape index (κ3) is 4.88. The summed E-state index contributed by atoms with van der Waals surface area (Å²) in [6, 6.07) is 6.16. The first-order valence-electron chi connectivity index (χ1n) is 8.85. The van der Waals surface area contributed by atoms with E-state index in [0.29, 0.717) is 16.9 Å². The average Bonchev–Trinajstić information content (AvgIpc) is 3.02. The number of esters is 1. The van der Waals surface area contributed by atoms with E-state index in [1.54, 1.807) is 17.8 Å².